The summed E-state index contributed by atoms with van der Waals surface area (Å²) < 4.78 is 46.2. The number of ether oxygens (including phenoxy) is 1. The predicted molar refractivity (Wildman–Crippen MR) is 103 cm³/mol. The quantitative estimate of drug-likeness (QED) is 0.790. The fraction of sp³-hybridized carbons (Fsp3) is 0.632. The Labute approximate surface area is 165 Å². The second-order valence-electron chi connectivity index (χ2n) is 7.58. The fourth-order valence-corrected chi connectivity index (χ4v) is 5.53. The van der Waals surface area contributed by atoms with E-state index in [9.17, 15) is 17.6 Å². The second kappa shape index (κ2) is 8.75. The van der Waals surface area contributed by atoms with Gasteiger partial charge in [-0.05, 0) is 64.0 Å². The van der Waals surface area contributed by atoms with Crippen LogP contribution in [0.15, 0.2) is 23.1 Å². The van der Waals surface area contributed by atoms with Gasteiger partial charge in [0.2, 0.25) is 15.9 Å². The summed E-state index contributed by atoms with van der Waals surface area (Å²) in [5.74, 6) is -1.05. The summed E-state index contributed by atoms with van der Waals surface area (Å²) in [4.78, 5) is 14.7. The van der Waals surface area contributed by atoms with Crippen molar-refractivity contribution in [1.29, 1.82) is 0 Å². The molecule has 2 aliphatic heterocycles. The van der Waals surface area contributed by atoms with Crippen molar-refractivity contribution in [3.8, 4) is 5.75 Å². The number of hydrogen-bond acceptors (Lipinski definition) is 5. The monoisotopic (exact) mass is 413 g/mol. The van der Waals surface area contributed by atoms with E-state index in [1.807, 2.05) is 0 Å². The highest BCUT2D eigenvalue weighted by atomic mass is 32.2. The maximum Gasteiger partial charge on any atom is 0.246 e. The first kappa shape index (κ1) is 21.0. The van der Waals surface area contributed by atoms with Crippen molar-refractivity contribution in [2.24, 2.45) is 5.92 Å². The summed E-state index contributed by atoms with van der Waals surface area (Å²) in [5, 5.41) is 3.08. The molecule has 1 aromatic rings. The minimum Gasteiger partial charge on any atom is -0.495 e. The molecule has 0 bridgehead atoms. The number of hydrogen-bond donors (Lipinski definition) is 1. The SMILES string of the molecule is COc1ccc(F)cc1S(=O)(=O)N1CCCC(C(=O)NC2CCN(C)CC2)C1. The summed E-state index contributed by atoms with van der Waals surface area (Å²) >= 11 is 0. The van der Waals surface area contributed by atoms with Crippen molar-refractivity contribution in [3.05, 3.63) is 24.0 Å². The number of amides is 1. The number of carbonyl (C=O) groups excluding carboxylic acids is 1. The number of benzene rings is 1. The standard InChI is InChI=1S/C19H28FN3O4S/c1-22-10-7-16(8-11-22)21-19(24)14-4-3-9-23(13-14)28(25,26)18-12-15(20)5-6-17(18)27-2/h5-6,12,14,16H,3-4,7-11,13H2,1-2H3,(H,21,24). The van der Waals surface area contributed by atoms with Crippen LogP contribution in [0.4, 0.5) is 4.39 Å². The van der Waals surface area contributed by atoms with Gasteiger partial charge >= 0.3 is 0 Å². The minimum absolute atomic E-state index is 0.0966. The lowest BCUT2D eigenvalue weighted by atomic mass is 9.97. The average Bonchev–Trinajstić information content (AvgIpc) is 2.69. The van der Waals surface area contributed by atoms with Crippen LogP contribution in [0, 0.1) is 11.7 Å². The summed E-state index contributed by atoms with van der Waals surface area (Å²) in [7, 11) is -0.547. The predicted octanol–water partition coefficient (Wildman–Crippen LogP) is 1.45. The van der Waals surface area contributed by atoms with Gasteiger partial charge in [0.05, 0.1) is 13.0 Å². The van der Waals surface area contributed by atoms with Gasteiger partial charge in [-0.1, -0.05) is 0 Å². The molecule has 9 heteroatoms. The maximum absolute atomic E-state index is 13.7. The summed E-state index contributed by atoms with van der Waals surface area (Å²) in [5.41, 5.74) is 0. The Morgan fingerprint density at radius 2 is 1.93 bits per heavy atom. The summed E-state index contributed by atoms with van der Waals surface area (Å²) in [6.07, 6.45) is 3.03. The van der Waals surface area contributed by atoms with E-state index in [0.29, 0.717) is 19.4 Å². The normalized spacial score (nSPS) is 22.8. The van der Waals surface area contributed by atoms with Crippen molar-refractivity contribution in [1.82, 2.24) is 14.5 Å². The molecule has 1 amide bonds. The molecule has 2 fully saturated rings. The van der Waals surface area contributed by atoms with Crippen LogP contribution in [0.5, 0.6) is 5.75 Å². The molecule has 1 aromatic carbocycles. The first-order valence-electron chi connectivity index (χ1n) is 9.64. The molecule has 28 heavy (non-hydrogen) atoms. The average molecular weight is 414 g/mol. The van der Waals surface area contributed by atoms with E-state index in [1.54, 1.807) is 0 Å². The van der Waals surface area contributed by atoms with Gasteiger partial charge in [-0.3, -0.25) is 4.79 Å². The molecule has 1 N–H and O–H groups in total. The van der Waals surface area contributed by atoms with Crippen LogP contribution in [0.2, 0.25) is 0 Å². The number of nitrogens with one attached hydrogen (secondary N) is 1. The highest BCUT2D eigenvalue weighted by Gasteiger charge is 2.35. The molecule has 0 saturated carbocycles. The van der Waals surface area contributed by atoms with Crippen LogP contribution < -0.4 is 10.1 Å². The third-order valence-electron chi connectivity index (χ3n) is 5.56. The second-order valence-corrected chi connectivity index (χ2v) is 9.49. The maximum atomic E-state index is 13.7. The van der Waals surface area contributed by atoms with Gasteiger partial charge in [0.15, 0.2) is 0 Å². The Morgan fingerprint density at radius 1 is 1.21 bits per heavy atom. The van der Waals surface area contributed by atoms with Gasteiger partial charge in [0.25, 0.3) is 0 Å². The van der Waals surface area contributed by atoms with Crippen molar-refractivity contribution < 1.29 is 22.3 Å². The van der Waals surface area contributed by atoms with Gasteiger partial charge in [-0.2, -0.15) is 4.31 Å². The van der Waals surface area contributed by atoms with Gasteiger partial charge in [-0.15, -0.1) is 0 Å². The van der Waals surface area contributed by atoms with Crippen LogP contribution >= 0.6 is 0 Å². The molecule has 7 nitrogen and oxygen atoms in total. The first-order valence-corrected chi connectivity index (χ1v) is 11.1. The lowest BCUT2D eigenvalue weighted by Crippen LogP contribution is -2.49. The summed E-state index contributed by atoms with van der Waals surface area (Å²) in [6, 6.07) is 3.57. The van der Waals surface area contributed by atoms with E-state index in [0.717, 1.165) is 38.1 Å². The van der Waals surface area contributed by atoms with Gasteiger partial charge < -0.3 is 15.0 Å². The van der Waals surface area contributed by atoms with E-state index in [-0.39, 0.29) is 29.1 Å². The molecule has 2 heterocycles. The Hall–Kier alpha value is -1.71. The molecule has 0 radical (unpaired) electrons. The van der Waals surface area contributed by atoms with Crippen LogP contribution in [0.1, 0.15) is 25.7 Å². The smallest absolute Gasteiger partial charge is 0.246 e. The number of methoxy groups -OCH3 is 1. The van der Waals surface area contributed by atoms with E-state index in [2.05, 4.69) is 17.3 Å². The zero-order chi connectivity index (χ0) is 20.3. The molecule has 1 unspecified atom stereocenters. The highest BCUT2D eigenvalue weighted by Crippen LogP contribution is 2.30. The molecule has 2 aliphatic rings. The van der Waals surface area contributed by atoms with Crippen molar-refractivity contribution in [2.45, 2.75) is 36.6 Å². The molecule has 0 spiro atoms. The fourth-order valence-electron chi connectivity index (χ4n) is 3.84. The number of nitrogens with zero attached hydrogens (tertiary/aromatic N) is 2. The third-order valence-corrected chi connectivity index (χ3v) is 7.45. The van der Waals surface area contributed by atoms with E-state index in [4.69, 9.17) is 4.74 Å². The highest BCUT2D eigenvalue weighted by molar-refractivity contribution is 7.89. The summed E-state index contributed by atoms with van der Waals surface area (Å²) in [6.45, 7) is 2.28. The number of carbonyl (C=O) groups is 1. The van der Waals surface area contributed by atoms with Crippen LogP contribution in [0.25, 0.3) is 0 Å². The zero-order valence-corrected chi connectivity index (χ0v) is 17.2. The molecular weight excluding hydrogens is 385 g/mol. The topological polar surface area (TPSA) is 79.0 Å². The van der Waals surface area contributed by atoms with Gasteiger partial charge in [-0.25, -0.2) is 12.8 Å². The number of halogens is 1. The van der Waals surface area contributed by atoms with E-state index < -0.39 is 21.8 Å². The molecule has 0 aromatic heterocycles. The molecule has 0 aliphatic carbocycles. The Bertz CT molecular complexity index is 809. The van der Waals surface area contributed by atoms with E-state index >= 15 is 0 Å². The Kier molecular flexibility index (Phi) is 6.57. The third kappa shape index (κ3) is 4.64. The van der Waals surface area contributed by atoms with E-state index in [1.165, 1.54) is 17.5 Å². The molecular formula is C19H28FN3O4S. The van der Waals surface area contributed by atoms with Crippen LogP contribution in [0.3, 0.4) is 0 Å². The number of sulfonamides is 1. The Balaban J connectivity index is 1.70. The van der Waals surface area contributed by atoms with Crippen molar-refractivity contribution in [2.75, 3.05) is 40.3 Å². The van der Waals surface area contributed by atoms with Crippen LogP contribution in [-0.4, -0.2) is 69.9 Å². The van der Waals surface area contributed by atoms with Crippen molar-refractivity contribution in [3.63, 3.8) is 0 Å². The Morgan fingerprint density at radius 3 is 2.61 bits per heavy atom. The number of piperidine rings is 2. The lowest BCUT2D eigenvalue weighted by Gasteiger charge is -2.34. The lowest BCUT2D eigenvalue weighted by molar-refractivity contribution is -0.127. The number of likely N-dealkylation sites (tertiary alicyclic amines) is 1. The van der Waals surface area contributed by atoms with Crippen LogP contribution in [-0.2, 0) is 14.8 Å². The van der Waals surface area contributed by atoms with Crippen molar-refractivity contribution >= 4 is 15.9 Å². The minimum atomic E-state index is -3.95. The molecule has 3 rings (SSSR count). The number of rotatable bonds is 5. The zero-order valence-electron chi connectivity index (χ0n) is 16.4. The largest absolute Gasteiger partial charge is 0.495 e. The first-order chi connectivity index (χ1) is 13.3. The molecule has 156 valence electrons. The molecule has 1 atom stereocenters. The van der Waals surface area contributed by atoms with Gasteiger partial charge in [0, 0.05) is 19.1 Å². The van der Waals surface area contributed by atoms with Gasteiger partial charge in [0.1, 0.15) is 16.5 Å². The molecule has 2 saturated heterocycles.